The number of ether oxygens (including phenoxy) is 2. The number of hydrogen-bond donors (Lipinski definition) is 2. The topological polar surface area (TPSA) is 68.3 Å². The van der Waals surface area contributed by atoms with E-state index in [0.29, 0.717) is 29.1 Å². The molecule has 6 nitrogen and oxygen atoms in total. The van der Waals surface area contributed by atoms with Gasteiger partial charge < -0.3 is 20.1 Å². The van der Waals surface area contributed by atoms with Gasteiger partial charge in [0.1, 0.15) is 11.5 Å². The number of nitrogens with one attached hydrogen (secondary N) is 2. The molecule has 0 fully saturated rings. The minimum Gasteiger partial charge on any atom is -0.496 e. The fourth-order valence-corrected chi connectivity index (χ4v) is 2.41. The van der Waals surface area contributed by atoms with E-state index < -0.39 is 0 Å². The molecule has 0 unspecified atom stereocenters. The van der Waals surface area contributed by atoms with Crippen molar-refractivity contribution in [1.82, 2.24) is 15.5 Å². The molecule has 1 aromatic heterocycles. The smallest absolute Gasteiger partial charge is 0.238 e. The molecule has 2 aromatic carbocycles. The van der Waals surface area contributed by atoms with Gasteiger partial charge in [0.25, 0.3) is 0 Å². The van der Waals surface area contributed by atoms with Crippen molar-refractivity contribution in [1.29, 1.82) is 0 Å². The van der Waals surface area contributed by atoms with Crippen LogP contribution in [0.5, 0.6) is 17.4 Å². The molecule has 132 valence electrons. The average Bonchev–Trinajstić information content (AvgIpc) is 2.69. The summed E-state index contributed by atoms with van der Waals surface area (Å²) in [6.45, 7) is 0.540. The second-order valence-electron chi connectivity index (χ2n) is 5.29. The van der Waals surface area contributed by atoms with Crippen molar-refractivity contribution in [3.8, 4) is 17.4 Å². The number of benzene rings is 2. The number of hydrogen-bond acceptors (Lipinski definition) is 5. The normalized spacial score (nSPS) is 10.0. The lowest BCUT2D eigenvalue weighted by atomic mass is 10.2. The van der Waals surface area contributed by atoms with Gasteiger partial charge in [0.2, 0.25) is 5.88 Å². The minimum absolute atomic E-state index is 0.412. The lowest BCUT2D eigenvalue weighted by Gasteiger charge is -2.12. The van der Waals surface area contributed by atoms with Crippen LogP contribution in [-0.2, 0) is 6.54 Å². The van der Waals surface area contributed by atoms with Crippen molar-refractivity contribution in [2.24, 2.45) is 0 Å². The Labute approximate surface area is 157 Å². The molecule has 0 aliphatic rings. The summed E-state index contributed by atoms with van der Waals surface area (Å²) in [6, 6.07) is 20.7. The Morgan fingerprint density at radius 2 is 1.73 bits per heavy atom. The summed E-state index contributed by atoms with van der Waals surface area (Å²) in [4.78, 5) is 0. The van der Waals surface area contributed by atoms with Crippen LogP contribution in [0.15, 0.2) is 66.7 Å². The molecular weight excluding hydrogens is 348 g/mol. The van der Waals surface area contributed by atoms with Crippen LogP contribution in [0, 0.1) is 0 Å². The maximum Gasteiger partial charge on any atom is 0.238 e. The van der Waals surface area contributed by atoms with Gasteiger partial charge in [-0.25, -0.2) is 0 Å². The molecule has 0 atom stereocenters. The number of methoxy groups -OCH3 is 1. The zero-order chi connectivity index (χ0) is 18.2. The summed E-state index contributed by atoms with van der Waals surface area (Å²) in [6.07, 6.45) is 0. The molecule has 0 aliphatic heterocycles. The number of para-hydroxylation sites is 2. The van der Waals surface area contributed by atoms with E-state index in [-0.39, 0.29) is 0 Å². The van der Waals surface area contributed by atoms with E-state index in [1.54, 1.807) is 19.2 Å². The number of thiocarbonyl (C=S) groups is 1. The molecule has 0 spiro atoms. The van der Waals surface area contributed by atoms with Gasteiger partial charge in [0.15, 0.2) is 10.9 Å². The van der Waals surface area contributed by atoms with Gasteiger partial charge in [-0.1, -0.05) is 36.4 Å². The molecule has 3 aromatic rings. The van der Waals surface area contributed by atoms with E-state index >= 15 is 0 Å². The van der Waals surface area contributed by atoms with E-state index in [0.717, 1.165) is 11.3 Å². The van der Waals surface area contributed by atoms with Gasteiger partial charge in [-0.2, -0.15) is 0 Å². The van der Waals surface area contributed by atoms with Crippen LogP contribution >= 0.6 is 12.2 Å². The highest BCUT2D eigenvalue weighted by Gasteiger charge is 2.05. The van der Waals surface area contributed by atoms with Crippen LogP contribution in [0.1, 0.15) is 5.56 Å². The first-order valence-electron chi connectivity index (χ1n) is 7.98. The first-order chi connectivity index (χ1) is 12.7. The van der Waals surface area contributed by atoms with Gasteiger partial charge >= 0.3 is 0 Å². The van der Waals surface area contributed by atoms with Crippen molar-refractivity contribution in [3.63, 3.8) is 0 Å². The van der Waals surface area contributed by atoms with E-state index in [2.05, 4.69) is 20.8 Å². The summed E-state index contributed by atoms with van der Waals surface area (Å²) in [5.41, 5.74) is 1.01. The Kier molecular flexibility index (Phi) is 5.95. The first kappa shape index (κ1) is 17.6. The van der Waals surface area contributed by atoms with E-state index in [9.17, 15) is 0 Å². The van der Waals surface area contributed by atoms with Crippen molar-refractivity contribution in [2.45, 2.75) is 6.54 Å². The van der Waals surface area contributed by atoms with Crippen molar-refractivity contribution >= 4 is 23.1 Å². The Hall–Kier alpha value is -3.19. The van der Waals surface area contributed by atoms with Crippen molar-refractivity contribution in [2.75, 3.05) is 12.4 Å². The van der Waals surface area contributed by atoms with Crippen LogP contribution in [0.2, 0.25) is 0 Å². The van der Waals surface area contributed by atoms with Crippen LogP contribution in [0.4, 0.5) is 5.82 Å². The Bertz CT molecular complexity index is 857. The van der Waals surface area contributed by atoms with Crippen molar-refractivity contribution < 1.29 is 9.47 Å². The number of anilines is 1. The van der Waals surface area contributed by atoms with Gasteiger partial charge in [0, 0.05) is 18.2 Å². The van der Waals surface area contributed by atoms with Gasteiger partial charge in [-0.15, -0.1) is 10.2 Å². The van der Waals surface area contributed by atoms with Gasteiger partial charge in [-0.3, -0.25) is 0 Å². The van der Waals surface area contributed by atoms with Gasteiger partial charge in [-0.05, 0) is 36.5 Å². The summed E-state index contributed by atoms with van der Waals surface area (Å²) >= 11 is 5.29. The average molecular weight is 366 g/mol. The lowest BCUT2D eigenvalue weighted by molar-refractivity contribution is 0.409. The lowest BCUT2D eigenvalue weighted by Crippen LogP contribution is -2.28. The molecule has 0 amide bonds. The van der Waals surface area contributed by atoms with Crippen LogP contribution < -0.4 is 20.1 Å². The predicted molar refractivity (Wildman–Crippen MR) is 105 cm³/mol. The SMILES string of the molecule is COc1ccccc1CNC(=S)Nc1ccc(Oc2ccccc2)nn1. The molecule has 0 saturated heterocycles. The molecule has 0 saturated carbocycles. The van der Waals surface area contributed by atoms with Crippen LogP contribution in [0.3, 0.4) is 0 Å². The van der Waals surface area contributed by atoms with Crippen LogP contribution in [-0.4, -0.2) is 22.4 Å². The third kappa shape index (κ3) is 4.90. The molecule has 0 radical (unpaired) electrons. The molecule has 1 heterocycles. The molecular formula is C19H18N4O2S. The third-order valence-corrected chi connectivity index (χ3v) is 3.73. The summed E-state index contributed by atoms with van der Waals surface area (Å²) in [5, 5.41) is 14.7. The largest absolute Gasteiger partial charge is 0.496 e. The molecule has 0 bridgehead atoms. The minimum atomic E-state index is 0.412. The highest BCUT2D eigenvalue weighted by Crippen LogP contribution is 2.19. The van der Waals surface area contributed by atoms with E-state index in [4.69, 9.17) is 21.7 Å². The molecule has 2 N–H and O–H groups in total. The summed E-state index contributed by atoms with van der Waals surface area (Å²) < 4.78 is 10.9. The quantitative estimate of drug-likeness (QED) is 0.644. The fourth-order valence-electron chi connectivity index (χ4n) is 2.24. The Morgan fingerprint density at radius 3 is 2.46 bits per heavy atom. The number of aromatic nitrogens is 2. The monoisotopic (exact) mass is 366 g/mol. The van der Waals surface area contributed by atoms with Crippen LogP contribution in [0.25, 0.3) is 0 Å². The molecule has 0 aliphatic carbocycles. The van der Waals surface area contributed by atoms with E-state index in [1.807, 2.05) is 54.6 Å². The second-order valence-corrected chi connectivity index (χ2v) is 5.70. The highest BCUT2D eigenvalue weighted by atomic mass is 32.1. The maximum atomic E-state index is 5.61. The Balaban J connectivity index is 1.53. The molecule has 26 heavy (non-hydrogen) atoms. The first-order valence-corrected chi connectivity index (χ1v) is 8.39. The second kappa shape index (κ2) is 8.77. The zero-order valence-electron chi connectivity index (χ0n) is 14.2. The number of rotatable bonds is 6. The zero-order valence-corrected chi connectivity index (χ0v) is 15.0. The van der Waals surface area contributed by atoms with E-state index in [1.165, 1.54) is 0 Å². The standard InChI is InChI=1S/C19H18N4O2S/c1-24-16-10-6-5-7-14(16)13-20-19(26)21-17-11-12-18(23-22-17)25-15-8-3-2-4-9-15/h2-12H,13H2,1H3,(H2,20,21,22,26). The molecule has 7 heteroatoms. The highest BCUT2D eigenvalue weighted by molar-refractivity contribution is 7.80. The van der Waals surface area contributed by atoms with Gasteiger partial charge in [0.05, 0.1) is 7.11 Å². The third-order valence-electron chi connectivity index (χ3n) is 3.48. The summed E-state index contributed by atoms with van der Waals surface area (Å²) in [5.74, 6) is 2.46. The fraction of sp³-hybridized carbons (Fsp3) is 0.105. The Morgan fingerprint density at radius 1 is 0.962 bits per heavy atom. The molecule has 3 rings (SSSR count). The number of nitrogens with zero attached hydrogens (tertiary/aromatic N) is 2. The maximum absolute atomic E-state index is 5.61. The van der Waals surface area contributed by atoms with Crippen molar-refractivity contribution in [3.05, 3.63) is 72.3 Å². The predicted octanol–water partition coefficient (Wildman–Crippen LogP) is 3.76. The summed E-state index contributed by atoms with van der Waals surface area (Å²) in [7, 11) is 1.64.